The van der Waals surface area contributed by atoms with Crippen LogP contribution in [0.5, 0.6) is 0 Å². The zero-order chi connectivity index (χ0) is 12.5. The van der Waals surface area contributed by atoms with Crippen molar-refractivity contribution in [2.45, 2.75) is 32.9 Å². The van der Waals surface area contributed by atoms with Gasteiger partial charge in [-0.25, -0.2) is 0 Å². The first kappa shape index (κ1) is 12.7. The van der Waals surface area contributed by atoms with E-state index in [1.54, 1.807) is 6.07 Å². The van der Waals surface area contributed by atoms with Crippen LogP contribution >= 0.6 is 0 Å². The van der Waals surface area contributed by atoms with Crippen LogP contribution in [0.3, 0.4) is 0 Å². The first-order valence-electron chi connectivity index (χ1n) is 5.08. The third kappa shape index (κ3) is 2.40. The Hall–Kier alpha value is -1.39. The molecular weight excluding hydrogens is 206 g/mol. The average Bonchev–Trinajstić information content (AvgIpc) is 2.21. The molecule has 0 amide bonds. The molecule has 0 aliphatic carbocycles. The van der Waals surface area contributed by atoms with Gasteiger partial charge in [-0.3, -0.25) is 4.79 Å². The van der Waals surface area contributed by atoms with Crippen molar-refractivity contribution in [2.75, 3.05) is 0 Å². The summed E-state index contributed by atoms with van der Waals surface area (Å²) in [7, 11) is 0. The van der Waals surface area contributed by atoms with Crippen LogP contribution in [0.2, 0.25) is 0 Å². The number of carboxylic acids is 1. The van der Waals surface area contributed by atoms with Gasteiger partial charge < -0.3 is 15.9 Å². The van der Waals surface area contributed by atoms with Crippen molar-refractivity contribution in [2.24, 2.45) is 5.73 Å². The van der Waals surface area contributed by atoms with E-state index < -0.39 is 18.1 Å². The van der Waals surface area contributed by atoms with Crippen LogP contribution in [0.4, 0.5) is 0 Å². The van der Waals surface area contributed by atoms with Crippen LogP contribution in [0.15, 0.2) is 12.1 Å². The predicted octanol–water partition coefficient (Wildman–Crippen LogP) is 1.06. The van der Waals surface area contributed by atoms with Crippen molar-refractivity contribution in [1.29, 1.82) is 0 Å². The van der Waals surface area contributed by atoms with Crippen molar-refractivity contribution in [1.82, 2.24) is 0 Å². The van der Waals surface area contributed by atoms with Gasteiger partial charge in [-0.2, -0.15) is 0 Å². The van der Waals surface area contributed by atoms with Gasteiger partial charge in [0.1, 0.15) is 12.1 Å². The number of rotatable bonds is 3. The van der Waals surface area contributed by atoms with E-state index in [1.165, 1.54) is 0 Å². The largest absolute Gasteiger partial charge is 0.480 e. The van der Waals surface area contributed by atoms with E-state index in [4.69, 9.17) is 10.8 Å². The highest BCUT2D eigenvalue weighted by molar-refractivity contribution is 5.74. The molecule has 1 aromatic rings. The highest BCUT2D eigenvalue weighted by atomic mass is 16.4. The summed E-state index contributed by atoms with van der Waals surface area (Å²) >= 11 is 0. The van der Waals surface area contributed by atoms with Crippen LogP contribution < -0.4 is 5.73 Å². The summed E-state index contributed by atoms with van der Waals surface area (Å²) < 4.78 is 0. The topological polar surface area (TPSA) is 83.5 Å². The lowest BCUT2D eigenvalue weighted by Gasteiger charge is -2.18. The van der Waals surface area contributed by atoms with E-state index in [1.807, 2.05) is 26.8 Å². The summed E-state index contributed by atoms with van der Waals surface area (Å²) in [6, 6.07) is 2.42. The molecule has 0 radical (unpaired) electrons. The molecule has 4 N–H and O–H groups in total. The second-order valence-electron chi connectivity index (χ2n) is 4.10. The Morgan fingerprint density at radius 1 is 1.19 bits per heavy atom. The normalized spacial score (nSPS) is 14.6. The van der Waals surface area contributed by atoms with Gasteiger partial charge in [0, 0.05) is 0 Å². The number of aliphatic hydroxyl groups is 1. The lowest BCUT2D eigenvalue weighted by atomic mass is 9.94. The molecule has 4 nitrogen and oxygen atoms in total. The Kier molecular flexibility index (Phi) is 3.67. The SMILES string of the molecule is Cc1cc(C)c(C(O)C(N)C(=O)O)cc1C. The molecule has 1 aromatic carbocycles. The number of benzene rings is 1. The van der Waals surface area contributed by atoms with Gasteiger partial charge in [0.05, 0.1) is 0 Å². The van der Waals surface area contributed by atoms with Crippen LogP contribution in [0.1, 0.15) is 28.4 Å². The third-order valence-corrected chi connectivity index (χ3v) is 2.83. The van der Waals surface area contributed by atoms with Gasteiger partial charge in [0.2, 0.25) is 0 Å². The molecule has 2 atom stereocenters. The molecule has 0 saturated heterocycles. The Morgan fingerprint density at radius 3 is 2.19 bits per heavy atom. The molecule has 0 bridgehead atoms. The van der Waals surface area contributed by atoms with Gasteiger partial charge in [-0.05, 0) is 43.0 Å². The second kappa shape index (κ2) is 4.63. The Bertz CT molecular complexity index is 415. The van der Waals surface area contributed by atoms with Gasteiger partial charge >= 0.3 is 5.97 Å². The van der Waals surface area contributed by atoms with Gasteiger partial charge in [0.25, 0.3) is 0 Å². The second-order valence-corrected chi connectivity index (χ2v) is 4.10. The van der Waals surface area contributed by atoms with E-state index in [9.17, 15) is 9.90 Å². The summed E-state index contributed by atoms with van der Waals surface area (Å²) in [5, 5.41) is 18.6. The molecule has 2 unspecified atom stereocenters. The quantitative estimate of drug-likeness (QED) is 0.715. The number of carboxylic acid groups (broad SMARTS) is 1. The Morgan fingerprint density at radius 2 is 1.69 bits per heavy atom. The molecule has 0 saturated carbocycles. The monoisotopic (exact) mass is 223 g/mol. The Labute approximate surface area is 94.7 Å². The molecule has 88 valence electrons. The van der Waals surface area contributed by atoms with Crippen LogP contribution in [-0.4, -0.2) is 22.2 Å². The van der Waals surface area contributed by atoms with Crippen LogP contribution in [-0.2, 0) is 4.79 Å². The molecule has 4 heteroatoms. The number of aliphatic hydroxyl groups excluding tert-OH is 1. The highest BCUT2D eigenvalue weighted by Gasteiger charge is 2.25. The van der Waals surface area contributed by atoms with Gasteiger partial charge in [-0.1, -0.05) is 12.1 Å². The number of aliphatic carboxylic acids is 1. The standard InChI is InChI=1S/C12H17NO3/c1-6-4-8(3)9(5-7(6)2)11(14)10(13)12(15)16/h4-5,10-11,14H,13H2,1-3H3,(H,15,16). The lowest BCUT2D eigenvalue weighted by molar-refractivity contribution is -0.141. The molecule has 0 aromatic heterocycles. The van der Waals surface area contributed by atoms with Crippen molar-refractivity contribution in [3.05, 3.63) is 34.4 Å². The number of hydrogen-bond donors (Lipinski definition) is 3. The maximum atomic E-state index is 10.7. The maximum Gasteiger partial charge on any atom is 0.323 e. The summed E-state index contributed by atoms with van der Waals surface area (Å²) in [4.78, 5) is 10.7. The fraction of sp³-hybridized carbons (Fsp3) is 0.417. The molecule has 1 rings (SSSR count). The van der Waals surface area contributed by atoms with Gasteiger partial charge in [-0.15, -0.1) is 0 Å². The molecule has 0 heterocycles. The predicted molar refractivity (Wildman–Crippen MR) is 61.2 cm³/mol. The van der Waals surface area contributed by atoms with Crippen LogP contribution in [0.25, 0.3) is 0 Å². The zero-order valence-corrected chi connectivity index (χ0v) is 9.69. The van der Waals surface area contributed by atoms with E-state index in [-0.39, 0.29) is 0 Å². The molecule has 0 fully saturated rings. The number of aryl methyl sites for hydroxylation is 3. The fourth-order valence-electron chi connectivity index (χ4n) is 1.63. The maximum absolute atomic E-state index is 10.7. The highest BCUT2D eigenvalue weighted by Crippen LogP contribution is 2.23. The van der Waals surface area contributed by atoms with Crippen LogP contribution in [0, 0.1) is 20.8 Å². The zero-order valence-electron chi connectivity index (χ0n) is 9.69. The minimum absolute atomic E-state index is 0.581. The van der Waals surface area contributed by atoms with E-state index in [0.29, 0.717) is 5.56 Å². The lowest BCUT2D eigenvalue weighted by Crippen LogP contribution is -2.36. The number of nitrogens with two attached hydrogens (primary N) is 1. The minimum atomic E-state index is -1.29. The van der Waals surface area contributed by atoms with E-state index in [2.05, 4.69) is 0 Å². The van der Waals surface area contributed by atoms with Crippen molar-refractivity contribution >= 4 is 5.97 Å². The summed E-state index contributed by atoms with van der Waals surface area (Å²) in [5.74, 6) is -1.20. The summed E-state index contributed by atoms with van der Waals surface area (Å²) in [6.07, 6.45) is -1.17. The van der Waals surface area contributed by atoms with E-state index >= 15 is 0 Å². The molecule has 0 spiro atoms. The first-order valence-corrected chi connectivity index (χ1v) is 5.08. The minimum Gasteiger partial charge on any atom is -0.480 e. The molecule has 0 aliphatic heterocycles. The van der Waals surface area contributed by atoms with Crippen molar-refractivity contribution in [3.63, 3.8) is 0 Å². The smallest absolute Gasteiger partial charge is 0.323 e. The van der Waals surface area contributed by atoms with Crippen molar-refractivity contribution < 1.29 is 15.0 Å². The number of hydrogen-bond acceptors (Lipinski definition) is 3. The molecule has 16 heavy (non-hydrogen) atoms. The third-order valence-electron chi connectivity index (χ3n) is 2.83. The fourth-order valence-corrected chi connectivity index (χ4v) is 1.63. The summed E-state index contributed by atoms with van der Waals surface area (Å²) in [6.45, 7) is 5.71. The Balaban J connectivity index is 3.13. The first-order chi connectivity index (χ1) is 7.34. The number of carbonyl (C=O) groups is 1. The van der Waals surface area contributed by atoms with Crippen molar-refractivity contribution in [3.8, 4) is 0 Å². The molecular formula is C12H17NO3. The van der Waals surface area contributed by atoms with E-state index in [0.717, 1.165) is 16.7 Å². The molecule has 0 aliphatic rings. The van der Waals surface area contributed by atoms with Gasteiger partial charge in [0.15, 0.2) is 0 Å². The average molecular weight is 223 g/mol. The summed E-state index contributed by atoms with van der Waals surface area (Å²) in [5.41, 5.74) is 8.95.